The van der Waals surface area contributed by atoms with Gasteiger partial charge < -0.3 is 9.64 Å². The number of hydrogen-bond donors (Lipinski definition) is 0. The quantitative estimate of drug-likeness (QED) is 0.805. The second kappa shape index (κ2) is 5.63. The number of nitrogens with zero attached hydrogens (tertiary/aromatic N) is 1. The third-order valence-corrected chi connectivity index (χ3v) is 3.64. The van der Waals surface area contributed by atoms with Crippen LogP contribution in [0, 0.1) is 0 Å². The van der Waals surface area contributed by atoms with Crippen LogP contribution in [-0.2, 0) is 14.3 Å². The summed E-state index contributed by atoms with van der Waals surface area (Å²) >= 11 is 11.7. The van der Waals surface area contributed by atoms with E-state index >= 15 is 0 Å². The summed E-state index contributed by atoms with van der Waals surface area (Å²) in [5.41, 5.74) is 0.651. The zero-order valence-electron chi connectivity index (χ0n) is 10.1. The van der Waals surface area contributed by atoms with E-state index in [2.05, 4.69) is 0 Å². The topological polar surface area (TPSA) is 46.6 Å². The van der Waals surface area contributed by atoms with Crippen LogP contribution in [0.1, 0.15) is 11.6 Å². The maximum Gasteiger partial charge on any atom is 0.333 e. The molecule has 0 N–H and O–H groups in total. The number of hydrogen-bond acceptors (Lipinski definition) is 3. The summed E-state index contributed by atoms with van der Waals surface area (Å²) in [6.07, 6.45) is 0. The van der Waals surface area contributed by atoms with Crippen molar-refractivity contribution in [1.82, 2.24) is 4.90 Å². The van der Waals surface area contributed by atoms with Gasteiger partial charge in [0.25, 0.3) is 5.91 Å². The first-order chi connectivity index (χ1) is 9.06. The molecule has 0 aromatic heterocycles. The summed E-state index contributed by atoms with van der Waals surface area (Å²) in [5.74, 6) is -0.999. The van der Waals surface area contributed by atoms with Crippen molar-refractivity contribution in [2.24, 2.45) is 0 Å². The van der Waals surface area contributed by atoms with Gasteiger partial charge in [-0.05, 0) is 5.56 Å². The maximum atomic E-state index is 12.0. The van der Waals surface area contributed by atoms with Crippen molar-refractivity contribution in [3.05, 3.63) is 46.0 Å². The molecule has 0 spiro atoms. The van der Waals surface area contributed by atoms with Crippen molar-refractivity contribution in [2.45, 2.75) is 6.04 Å². The van der Waals surface area contributed by atoms with Gasteiger partial charge in [-0.3, -0.25) is 4.79 Å². The van der Waals surface area contributed by atoms with Crippen LogP contribution in [0.2, 0.25) is 0 Å². The van der Waals surface area contributed by atoms with Gasteiger partial charge in [-0.15, -0.1) is 0 Å². The number of ether oxygens (including phenoxy) is 1. The molecule has 2 rings (SSSR count). The van der Waals surface area contributed by atoms with Crippen LogP contribution in [0.3, 0.4) is 0 Å². The number of rotatable bonds is 3. The molecule has 1 heterocycles. The fourth-order valence-corrected chi connectivity index (χ4v) is 2.31. The normalized spacial score (nSPS) is 16.8. The molecule has 4 nitrogen and oxygen atoms in total. The van der Waals surface area contributed by atoms with Crippen molar-refractivity contribution >= 4 is 35.1 Å². The van der Waals surface area contributed by atoms with E-state index in [1.54, 1.807) is 24.3 Å². The van der Waals surface area contributed by atoms with Crippen LogP contribution in [-0.4, -0.2) is 30.4 Å². The smallest absolute Gasteiger partial charge is 0.333 e. The van der Waals surface area contributed by atoms with E-state index in [9.17, 15) is 9.59 Å². The van der Waals surface area contributed by atoms with E-state index in [1.807, 2.05) is 6.07 Å². The predicted molar refractivity (Wildman–Crippen MR) is 71.6 cm³/mol. The lowest BCUT2D eigenvalue weighted by atomic mass is 10.1. The Labute approximate surface area is 120 Å². The largest absolute Gasteiger partial charge is 0.467 e. The van der Waals surface area contributed by atoms with Gasteiger partial charge in [0.05, 0.1) is 18.7 Å². The molecule has 0 fully saturated rings. The molecule has 0 unspecified atom stereocenters. The zero-order valence-corrected chi connectivity index (χ0v) is 11.6. The lowest BCUT2D eigenvalue weighted by molar-refractivity contribution is -0.151. The maximum absolute atomic E-state index is 12.0. The monoisotopic (exact) mass is 299 g/mol. The number of carbonyl (C=O) groups excluding carboxylic acids is 2. The number of esters is 1. The van der Waals surface area contributed by atoms with E-state index in [0.717, 1.165) is 0 Å². The second-order valence-corrected chi connectivity index (χ2v) is 4.82. The molecule has 1 aromatic carbocycles. The summed E-state index contributed by atoms with van der Waals surface area (Å²) in [7, 11) is 1.27. The summed E-state index contributed by atoms with van der Waals surface area (Å²) in [4.78, 5) is 25.2. The second-order valence-electron chi connectivity index (χ2n) is 3.99. The fraction of sp³-hybridized carbons (Fsp3) is 0.231. The average Bonchev–Trinajstić information content (AvgIpc) is 2.68. The van der Waals surface area contributed by atoms with E-state index in [-0.39, 0.29) is 16.6 Å². The van der Waals surface area contributed by atoms with Gasteiger partial charge in [0.2, 0.25) is 0 Å². The van der Waals surface area contributed by atoms with Crippen LogP contribution in [0.4, 0.5) is 0 Å². The van der Waals surface area contributed by atoms with Crippen LogP contribution < -0.4 is 0 Å². The third-order valence-electron chi connectivity index (χ3n) is 2.85. The van der Waals surface area contributed by atoms with E-state index in [0.29, 0.717) is 5.56 Å². The van der Waals surface area contributed by atoms with E-state index < -0.39 is 17.9 Å². The van der Waals surface area contributed by atoms with Crippen molar-refractivity contribution in [3.8, 4) is 0 Å². The molecular formula is C13H11Cl2NO3. The fourth-order valence-electron chi connectivity index (χ4n) is 1.93. The SMILES string of the molecule is COC(=O)[C@H](c1ccccc1)N1CC(Cl)=C(Cl)C1=O. The zero-order chi connectivity index (χ0) is 14.0. The Balaban J connectivity index is 2.37. The minimum absolute atomic E-state index is 0.0495. The molecule has 1 aromatic rings. The van der Waals surface area contributed by atoms with Crippen LogP contribution in [0.5, 0.6) is 0 Å². The highest BCUT2D eigenvalue weighted by atomic mass is 35.5. The average molecular weight is 300 g/mol. The summed E-state index contributed by atoms with van der Waals surface area (Å²) in [5, 5.41) is 0.183. The van der Waals surface area contributed by atoms with E-state index in [1.165, 1.54) is 12.0 Å². The molecule has 0 bridgehead atoms. The first kappa shape index (κ1) is 13.9. The first-order valence-electron chi connectivity index (χ1n) is 5.54. The molecule has 1 amide bonds. The number of amides is 1. The molecule has 1 aliphatic heterocycles. The standard InChI is InChI=1S/C13H11Cl2NO3/c1-19-13(18)11(8-5-3-2-4-6-8)16-7-9(14)10(15)12(16)17/h2-6,11H,7H2,1H3/t11-/m0/s1. The Morgan fingerprint density at radius 1 is 1.32 bits per heavy atom. The lowest BCUT2D eigenvalue weighted by Crippen LogP contribution is -2.36. The van der Waals surface area contributed by atoms with Crippen molar-refractivity contribution in [1.29, 1.82) is 0 Å². The minimum atomic E-state index is -0.844. The molecule has 0 saturated carbocycles. The molecule has 0 radical (unpaired) electrons. The Morgan fingerprint density at radius 2 is 1.95 bits per heavy atom. The Kier molecular flexibility index (Phi) is 4.12. The first-order valence-corrected chi connectivity index (χ1v) is 6.29. The highest BCUT2D eigenvalue weighted by Crippen LogP contribution is 2.33. The number of methoxy groups -OCH3 is 1. The van der Waals surface area contributed by atoms with Gasteiger partial charge in [0.1, 0.15) is 5.03 Å². The van der Waals surface area contributed by atoms with Gasteiger partial charge in [-0.1, -0.05) is 53.5 Å². The van der Waals surface area contributed by atoms with Crippen LogP contribution in [0.25, 0.3) is 0 Å². The van der Waals surface area contributed by atoms with E-state index in [4.69, 9.17) is 27.9 Å². The van der Waals surface area contributed by atoms with Gasteiger partial charge >= 0.3 is 5.97 Å². The minimum Gasteiger partial charge on any atom is -0.467 e. The van der Waals surface area contributed by atoms with Crippen LogP contribution >= 0.6 is 23.2 Å². The van der Waals surface area contributed by atoms with Crippen LogP contribution in [0.15, 0.2) is 40.4 Å². The Morgan fingerprint density at radius 3 is 2.42 bits per heavy atom. The van der Waals surface area contributed by atoms with Crippen molar-refractivity contribution in [2.75, 3.05) is 13.7 Å². The summed E-state index contributed by atoms with van der Waals surface area (Å²) < 4.78 is 4.76. The number of benzene rings is 1. The van der Waals surface area contributed by atoms with Gasteiger partial charge in [-0.25, -0.2) is 4.79 Å². The van der Waals surface area contributed by atoms with Gasteiger partial charge in [0, 0.05) is 0 Å². The lowest BCUT2D eigenvalue weighted by Gasteiger charge is -2.25. The third kappa shape index (κ3) is 2.60. The summed E-state index contributed by atoms with van der Waals surface area (Å²) in [6, 6.07) is 8.03. The predicted octanol–water partition coefficient (Wildman–Crippen LogP) is 2.43. The highest BCUT2D eigenvalue weighted by Gasteiger charge is 2.38. The Hall–Kier alpha value is -1.52. The number of halogens is 2. The highest BCUT2D eigenvalue weighted by molar-refractivity contribution is 6.49. The number of carbonyl (C=O) groups is 2. The molecule has 6 heteroatoms. The Bertz CT molecular complexity index is 542. The molecule has 0 aliphatic carbocycles. The molecule has 1 aliphatic rings. The molecule has 1 atom stereocenters. The molecular weight excluding hydrogens is 289 g/mol. The molecule has 19 heavy (non-hydrogen) atoms. The molecule has 100 valence electrons. The van der Waals surface area contributed by atoms with Gasteiger partial charge in [0.15, 0.2) is 6.04 Å². The van der Waals surface area contributed by atoms with Crippen molar-refractivity contribution in [3.63, 3.8) is 0 Å². The molecule has 0 saturated heterocycles. The van der Waals surface area contributed by atoms with Gasteiger partial charge in [-0.2, -0.15) is 0 Å². The van der Waals surface area contributed by atoms with Crippen molar-refractivity contribution < 1.29 is 14.3 Å². The summed E-state index contributed by atoms with van der Waals surface area (Å²) in [6.45, 7) is 0.105.